The summed E-state index contributed by atoms with van der Waals surface area (Å²) in [5, 5.41) is 0.955. The highest BCUT2D eigenvalue weighted by Gasteiger charge is 2.17. The van der Waals surface area contributed by atoms with E-state index in [0.717, 1.165) is 0 Å². The van der Waals surface area contributed by atoms with Crippen LogP contribution in [0.5, 0.6) is 0 Å². The Hall–Kier alpha value is -1.11. The molecule has 0 aliphatic rings. The molecule has 0 saturated carbocycles. The van der Waals surface area contributed by atoms with Gasteiger partial charge in [0, 0.05) is 10.7 Å². The van der Waals surface area contributed by atoms with Gasteiger partial charge in [0.2, 0.25) is 0 Å². The molecule has 1 aromatic carbocycles. The van der Waals surface area contributed by atoms with E-state index in [0.29, 0.717) is 5.02 Å². The minimum Gasteiger partial charge on any atom is -0.311 e. The maximum absolute atomic E-state index is 10.7. The zero-order valence-corrected chi connectivity index (χ0v) is 8.34. The molecular weight excluding hydrogens is 230 g/mol. The van der Waals surface area contributed by atoms with E-state index in [-0.39, 0.29) is 5.69 Å². The number of carbonyl (C=O) groups excluding carboxylic acids is 1. The van der Waals surface area contributed by atoms with Crippen molar-refractivity contribution in [3.05, 3.63) is 29.3 Å². The molecule has 76 valence electrons. The molecule has 2 N–H and O–H groups in total. The second-order valence-electron chi connectivity index (χ2n) is 2.39. The van der Waals surface area contributed by atoms with E-state index in [4.69, 9.17) is 16.2 Å². The van der Waals surface area contributed by atoms with Crippen molar-refractivity contribution in [3.8, 4) is 0 Å². The number of benzene rings is 1. The van der Waals surface area contributed by atoms with Crippen LogP contribution in [0.2, 0.25) is 5.02 Å². The Morgan fingerprint density at radius 2 is 1.79 bits per heavy atom. The topological polar surface area (TPSA) is 83.5 Å². The molecule has 0 heterocycles. The number of hydrogen-bond donors (Lipinski definition) is 2. The lowest BCUT2D eigenvalue weighted by Crippen LogP contribution is -2.20. The maximum Gasteiger partial charge on any atom is 0.367 e. The van der Waals surface area contributed by atoms with Gasteiger partial charge in [0.1, 0.15) is 0 Å². The van der Waals surface area contributed by atoms with Gasteiger partial charge in [-0.25, -0.2) is 0 Å². The van der Waals surface area contributed by atoms with Gasteiger partial charge in [-0.15, -0.1) is 0 Å². The van der Waals surface area contributed by atoms with Crippen LogP contribution in [0, 0.1) is 0 Å². The van der Waals surface area contributed by atoms with E-state index >= 15 is 0 Å². The molecule has 0 unspecified atom stereocenters. The van der Waals surface area contributed by atoms with Crippen molar-refractivity contribution in [1.82, 2.24) is 0 Å². The van der Waals surface area contributed by atoms with Gasteiger partial charge in [-0.05, 0) is 24.3 Å². The fourth-order valence-corrected chi connectivity index (χ4v) is 1.09. The Morgan fingerprint density at radius 1 is 1.29 bits per heavy atom. The molecule has 7 heteroatoms. The number of hydrogen-bond acceptors (Lipinski definition) is 3. The smallest absolute Gasteiger partial charge is 0.311 e. The number of nitrogens with one attached hydrogen (secondary N) is 1. The van der Waals surface area contributed by atoms with Gasteiger partial charge >= 0.3 is 15.4 Å². The molecule has 0 bridgehead atoms. The van der Waals surface area contributed by atoms with Gasteiger partial charge in [0.15, 0.2) is 0 Å². The standard InChI is InChI=1S/C7H6ClNO4S/c8-5-1-3-6(4-2-5)9-7(10)14(11,12)13/h1-4H,(H,9,10)(H,11,12,13). The Kier molecular flexibility index (Phi) is 3.10. The van der Waals surface area contributed by atoms with Gasteiger partial charge in [-0.1, -0.05) is 11.6 Å². The predicted molar refractivity (Wildman–Crippen MR) is 52.0 cm³/mol. The average molecular weight is 236 g/mol. The Morgan fingerprint density at radius 3 is 2.21 bits per heavy atom. The van der Waals surface area contributed by atoms with Crippen molar-refractivity contribution >= 4 is 32.6 Å². The Labute approximate surface area is 85.4 Å². The van der Waals surface area contributed by atoms with Gasteiger partial charge in [0.05, 0.1) is 0 Å². The normalized spacial score (nSPS) is 11.0. The summed E-state index contributed by atoms with van der Waals surface area (Å²) in [4.78, 5) is 10.7. The van der Waals surface area contributed by atoms with Crippen molar-refractivity contribution in [3.63, 3.8) is 0 Å². The first-order valence-electron chi connectivity index (χ1n) is 3.43. The summed E-state index contributed by atoms with van der Waals surface area (Å²) < 4.78 is 29.0. The van der Waals surface area contributed by atoms with E-state index in [9.17, 15) is 13.2 Å². The monoisotopic (exact) mass is 235 g/mol. The lowest BCUT2D eigenvalue weighted by atomic mass is 10.3. The highest BCUT2D eigenvalue weighted by Crippen LogP contribution is 2.13. The molecule has 0 aliphatic heterocycles. The van der Waals surface area contributed by atoms with Crippen LogP contribution in [0.15, 0.2) is 24.3 Å². The molecule has 1 amide bonds. The van der Waals surface area contributed by atoms with E-state index in [1.54, 1.807) is 0 Å². The Bertz CT molecular complexity index is 439. The molecule has 14 heavy (non-hydrogen) atoms. The molecule has 1 aromatic rings. The van der Waals surface area contributed by atoms with Gasteiger partial charge in [-0.3, -0.25) is 9.35 Å². The van der Waals surface area contributed by atoms with Crippen LogP contribution in [0.3, 0.4) is 0 Å². The lowest BCUT2D eigenvalue weighted by Gasteiger charge is -2.01. The first-order chi connectivity index (χ1) is 6.39. The third-order valence-corrected chi connectivity index (χ3v) is 2.15. The molecule has 0 aliphatic carbocycles. The zero-order chi connectivity index (χ0) is 10.8. The molecule has 0 radical (unpaired) electrons. The van der Waals surface area contributed by atoms with Gasteiger partial charge < -0.3 is 5.32 Å². The summed E-state index contributed by atoms with van der Waals surface area (Å²) in [7, 11) is -4.69. The fraction of sp³-hybridized carbons (Fsp3) is 0. The van der Waals surface area contributed by atoms with Crippen LogP contribution in [-0.2, 0) is 10.1 Å². The molecule has 0 fully saturated rings. The van der Waals surface area contributed by atoms with Crippen molar-refractivity contribution in [1.29, 1.82) is 0 Å². The summed E-state index contributed by atoms with van der Waals surface area (Å²) in [5.41, 5.74) is 0.233. The van der Waals surface area contributed by atoms with E-state index in [1.165, 1.54) is 24.3 Å². The van der Waals surface area contributed by atoms with Gasteiger partial charge in [0.25, 0.3) is 0 Å². The lowest BCUT2D eigenvalue weighted by molar-refractivity contribution is 0.265. The van der Waals surface area contributed by atoms with E-state index < -0.39 is 15.4 Å². The number of halogens is 1. The number of amides is 1. The summed E-state index contributed by atoms with van der Waals surface area (Å²) in [6, 6.07) is 5.76. The van der Waals surface area contributed by atoms with Crippen LogP contribution in [0.1, 0.15) is 0 Å². The summed E-state index contributed by atoms with van der Waals surface area (Å²) in [6.45, 7) is 0. The third-order valence-electron chi connectivity index (χ3n) is 1.32. The highest BCUT2D eigenvalue weighted by atomic mass is 35.5. The first kappa shape index (κ1) is 11.0. The quantitative estimate of drug-likeness (QED) is 0.727. The molecule has 5 nitrogen and oxygen atoms in total. The molecule has 0 saturated heterocycles. The van der Waals surface area contributed by atoms with Crippen LogP contribution in [0.25, 0.3) is 0 Å². The van der Waals surface area contributed by atoms with Crippen LogP contribution in [0.4, 0.5) is 10.5 Å². The molecule has 0 spiro atoms. The van der Waals surface area contributed by atoms with Crippen molar-refractivity contribution in [2.45, 2.75) is 0 Å². The van der Waals surface area contributed by atoms with Gasteiger partial charge in [-0.2, -0.15) is 8.42 Å². The largest absolute Gasteiger partial charge is 0.367 e. The molecule has 0 aromatic heterocycles. The van der Waals surface area contributed by atoms with Crippen LogP contribution >= 0.6 is 11.6 Å². The number of carbonyl (C=O) groups is 1. The van der Waals surface area contributed by atoms with E-state index in [2.05, 4.69) is 0 Å². The van der Waals surface area contributed by atoms with Crippen molar-refractivity contribution in [2.75, 3.05) is 5.32 Å². The first-order valence-corrected chi connectivity index (χ1v) is 5.25. The second kappa shape index (κ2) is 3.95. The highest BCUT2D eigenvalue weighted by molar-refractivity contribution is 8.01. The molecule has 1 rings (SSSR count). The number of rotatable bonds is 1. The average Bonchev–Trinajstić information content (AvgIpc) is 2.07. The summed E-state index contributed by atoms with van der Waals surface area (Å²) >= 11 is 5.56. The van der Waals surface area contributed by atoms with Crippen LogP contribution < -0.4 is 5.32 Å². The number of anilines is 1. The van der Waals surface area contributed by atoms with Crippen molar-refractivity contribution < 1.29 is 17.8 Å². The minimum atomic E-state index is -4.69. The predicted octanol–water partition coefficient (Wildman–Crippen LogP) is 1.76. The summed E-state index contributed by atoms with van der Waals surface area (Å²) in [6.07, 6.45) is 0. The second-order valence-corrected chi connectivity index (χ2v) is 4.15. The third kappa shape index (κ3) is 2.99. The minimum absolute atomic E-state index is 0.233. The fourth-order valence-electron chi connectivity index (χ4n) is 0.716. The Balaban J connectivity index is 2.81. The van der Waals surface area contributed by atoms with Crippen LogP contribution in [-0.4, -0.2) is 18.2 Å². The molecule has 0 atom stereocenters. The zero-order valence-electron chi connectivity index (χ0n) is 6.77. The SMILES string of the molecule is O=C(Nc1ccc(Cl)cc1)S(=O)(=O)O. The van der Waals surface area contributed by atoms with Crippen molar-refractivity contribution in [2.24, 2.45) is 0 Å². The molecular formula is C7H6ClNO4S. The summed E-state index contributed by atoms with van der Waals surface area (Å²) in [5.74, 6) is 0. The van der Waals surface area contributed by atoms with E-state index in [1.807, 2.05) is 5.32 Å². The maximum atomic E-state index is 10.7.